The minimum atomic E-state index is -3.79. The molecule has 0 amide bonds. The summed E-state index contributed by atoms with van der Waals surface area (Å²) in [5, 5.41) is 0. The molecule has 0 aliphatic carbocycles. The summed E-state index contributed by atoms with van der Waals surface area (Å²) in [7, 11) is -7.33. The molecule has 0 aromatic carbocycles. The van der Waals surface area contributed by atoms with Crippen LogP contribution < -0.4 is 0 Å². The van der Waals surface area contributed by atoms with E-state index >= 15 is 0 Å². The second-order valence-corrected chi connectivity index (χ2v) is 2.39. The van der Waals surface area contributed by atoms with Crippen LogP contribution in [0.5, 0.6) is 0 Å². The predicted molar refractivity (Wildman–Crippen MR) is 32.6 cm³/mol. The Hall–Kier alpha value is 0.189. The monoisotopic (exact) mass is 324 g/mol. The van der Waals surface area contributed by atoms with Gasteiger partial charge >= 0.3 is 45.6 Å². The van der Waals surface area contributed by atoms with E-state index < -0.39 is 35.7 Å². The third-order valence-corrected chi connectivity index (χ3v) is 0. The van der Waals surface area contributed by atoms with Crippen LogP contribution >= 0.6 is 0 Å². The third kappa shape index (κ3) is 35600. The van der Waals surface area contributed by atoms with Crippen LogP contribution in [0.1, 0.15) is 0 Å². The second-order valence-electron chi connectivity index (χ2n) is 0.777. The van der Waals surface area contributed by atoms with Crippen LogP contribution in [0.15, 0.2) is 0 Å². The molecular formula is H4B2F6O4Sn. The molecule has 0 saturated heterocycles. The molecule has 0 bridgehead atoms. The molecule has 0 spiro atoms. The zero-order valence-corrected chi connectivity index (χ0v) is 8.58. The van der Waals surface area contributed by atoms with E-state index in [0.29, 0.717) is 0 Å². The van der Waals surface area contributed by atoms with Crippen LogP contribution in [0.4, 0.5) is 25.9 Å². The summed E-state index contributed by atoms with van der Waals surface area (Å²) in [6.07, 6.45) is 0. The molecule has 0 radical (unpaired) electrons. The fraction of sp³-hybridized carbons (Fsp3) is 0. The Morgan fingerprint density at radius 3 is 0.846 bits per heavy atom. The summed E-state index contributed by atoms with van der Waals surface area (Å²) in [4.78, 5) is 0. The van der Waals surface area contributed by atoms with Crippen molar-refractivity contribution in [2.75, 3.05) is 0 Å². The summed E-state index contributed by atoms with van der Waals surface area (Å²) < 4.78 is 81.3. The molecule has 0 aliphatic heterocycles. The summed E-state index contributed by atoms with van der Waals surface area (Å²) >= 11 is -3.79. The van der Waals surface area contributed by atoms with Crippen LogP contribution in [-0.2, 0) is 3.08 Å². The molecule has 0 unspecified atom stereocenters. The van der Waals surface area contributed by atoms with E-state index in [9.17, 15) is 25.9 Å². The van der Waals surface area contributed by atoms with Gasteiger partial charge in [0.25, 0.3) is 0 Å². The van der Waals surface area contributed by atoms with Gasteiger partial charge in [0.2, 0.25) is 0 Å². The van der Waals surface area contributed by atoms with Crippen molar-refractivity contribution in [3.8, 4) is 0 Å². The molecule has 0 heterocycles. The van der Waals surface area contributed by atoms with Crippen molar-refractivity contribution in [3.05, 3.63) is 0 Å². The fourth-order valence-corrected chi connectivity index (χ4v) is 0. The van der Waals surface area contributed by atoms with Crippen molar-refractivity contribution in [1.82, 2.24) is 0 Å². The van der Waals surface area contributed by atoms with Gasteiger partial charge in [-0.05, 0) is 0 Å². The van der Waals surface area contributed by atoms with Crippen molar-refractivity contribution in [2.24, 2.45) is 0 Å². The Morgan fingerprint density at radius 1 is 0.846 bits per heavy atom. The third-order valence-electron chi connectivity index (χ3n) is 0. The van der Waals surface area contributed by atoms with Crippen LogP contribution in [0.2, 0.25) is 0 Å². The molecule has 0 aromatic rings. The first kappa shape index (κ1) is 23.2. The molecule has 13 heteroatoms. The molecule has 4 nitrogen and oxygen atoms in total. The predicted octanol–water partition coefficient (Wildman–Crippen LogP) is -0.679. The van der Waals surface area contributed by atoms with Gasteiger partial charge in [-0.3, -0.25) is 25.9 Å². The van der Waals surface area contributed by atoms with E-state index in [-0.39, 0.29) is 5.48 Å². The SMILES string of the molecule is FB(F)F.FB(F)F.O.[O]=[Sn]([OH])[OH]. The molecule has 0 atom stereocenters. The maximum absolute atomic E-state index is 9.67. The average Bonchev–Trinajstić information content (AvgIpc) is 1.54. The van der Waals surface area contributed by atoms with Crippen molar-refractivity contribution in [2.45, 2.75) is 0 Å². The van der Waals surface area contributed by atoms with E-state index in [1.54, 1.807) is 0 Å². The zero-order valence-electron chi connectivity index (χ0n) is 5.73. The van der Waals surface area contributed by atoms with E-state index in [1.165, 1.54) is 0 Å². The van der Waals surface area contributed by atoms with Gasteiger partial charge in [0.15, 0.2) is 0 Å². The Kier molecular flexibility index (Phi) is 32.3. The second kappa shape index (κ2) is 18.1. The molecule has 0 aliphatic rings. The van der Waals surface area contributed by atoms with Crippen LogP contribution in [0.3, 0.4) is 0 Å². The van der Waals surface area contributed by atoms with Crippen molar-refractivity contribution in [3.63, 3.8) is 0 Å². The van der Waals surface area contributed by atoms with Gasteiger partial charge in [0.05, 0.1) is 0 Å². The van der Waals surface area contributed by atoms with Crippen LogP contribution in [-0.4, -0.2) is 48.0 Å². The normalized spacial score (nSPS) is 6.15. The van der Waals surface area contributed by atoms with E-state index in [0.717, 1.165) is 0 Å². The molecule has 0 saturated carbocycles. The van der Waals surface area contributed by atoms with Gasteiger partial charge in [0, 0.05) is 0 Å². The standard InChI is InChI=1S/2BF3.3H2O.O.Sn/c2*2-1(3)4;;;;;/h;;3*1H2;;/q;;;;;;+2/p-2. The van der Waals surface area contributed by atoms with E-state index in [4.69, 9.17) is 9.96 Å². The molecular weight excluding hydrogens is 318 g/mol. The number of rotatable bonds is 0. The Labute approximate surface area is 77.5 Å². The summed E-state index contributed by atoms with van der Waals surface area (Å²) in [5.41, 5.74) is 0. The fourth-order valence-electron chi connectivity index (χ4n) is 0. The molecule has 4 N–H and O–H groups in total. The van der Waals surface area contributed by atoms with Crippen molar-refractivity contribution in [1.29, 1.82) is 0 Å². The number of halogens is 6. The number of hydrogen-bond acceptors (Lipinski definition) is 1. The van der Waals surface area contributed by atoms with Gasteiger partial charge in [-0.2, -0.15) is 0 Å². The number of hydrogen-bond donors (Lipinski definition) is 2. The molecule has 13 heavy (non-hydrogen) atoms. The quantitative estimate of drug-likeness (QED) is 0.457. The minimum absolute atomic E-state index is 0. The van der Waals surface area contributed by atoms with Crippen LogP contribution in [0, 0.1) is 0 Å². The first-order valence-electron chi connectivity index (χ1n) is 1.96. The maximum atomic E-state index is 9.67. The van der Waals surface area contributed by atoms with Gasteiger partial charge in [-0.1, -0.05) is 0 Å². The Balaban J connectivity index is -0.0000000450. The van der Waals surface area contributed by atoms with Crippen LogP contribution in [0.25, 0.3) is 0 Å². The van der Waals surface area contributed by atoms with Gasteiger partial charge < -0.3 is 5.48 Å². The average molecular weight is 322 g/mol. The molecule has 0 aromatic heterocycles. The van der Waals surface area contributed by atoms with E-state index in [1.807, 2.05) is 0 Å². The Morgan fingerprint density at radius 2 is 0.846 bits per heavy atom. The summed E-state index contributed by atoms with van der Waals surface area (Å²) in [5.74, 6) is 0. The molecule has 0 fully saturated rings. The first-order valence-corrected chi connectivity index (χ1v) is 5.68. The molecule has 0 rings (SSSR count). The van der Waals surface area contributed by atoms with Gasteiger partial charge in [-0.15, -0.1) is 0 Å². The first-order chi connectivity index (χ1) is 5.20. The van der Waals surface area contributed by atoms with Gasteiger partial charge in [-0.25, -0.2) is 0 Å². The van der Waals surface area contributed by atoms with Crippen molar-refractivity contribution < 1.29 is 41.3 Å². The van der Waals surface area contributed by atoms with E-state index in [2.05, 4.69) is 0 Å². The topological polar surface area (TPSA) is 89.0 Å². The summed E-state index contributed by atoms with van der Waals surface area (Å²) in [6, 6.07) is 0. The zero-order chi connectivity index (χ0) is 10.7. The van der Waals surface area contributed by atoms with Crippen molar-refractivity contribution >= 4 is 35.7 Å². The molecule has 80 valence electrons. The Bertz CT molecular complexity index is 85.1. The van der Waals surface area contributed by atoms with Gasteiger partial charge in [0.1, 0.15) is 0 Å². The summed E-state index contributed by atoms with van der Waals surface area (Å²) in [6.45, 7) is 0.